The largest absolute Gasteiger partial charge is 0.508 e. The third-order valence-corrected chi connectivity index (χ3v) is 2.06. The van der Waals surface area contributed by atoms with E-state index in [9.17, 15) is 4.79 Å². The van der Waals surface area contributed by atoms with Crippen molar-refractivity contribution < 1.29 is 9.90 Å². The Hall–Kier alpha value is -1.26. The number of phenolic OH excluding ortho intramolecular Hbond substituents is 1. The Bertz CT molecular complexity index is 325. The second-order valence-electron chi connectivity index (χ2n) is 3.50. The molecular weight excluding hydrogens is 228 g/mol. The molecule has 0 saturated heterocycles. The molecule has 0 unspecified atom stereocenters. The summed E-state index contributed by atoms with van der Waals surface area (Å²) in [5, 5.41) is 11.8. The van der Waals surface area contributed by atoms with Crippen LogP contribution in [0.1, 0.15) is 12.5 Å². The number of halogens is 1. The molecule has 1 rings (SSSR count). The first-order chi connectivity index (χ1) is 7.09. The van der Waals surface area contributed by atoms with E-state index in [2.05, 4.69) is 5.32 Å². The average molecular weight is 245 g/mol. The lowest BCUT2D eigenvalue weighted by molar-refractivity contribution is -0.121. The van der Waals surface area contributed by atoms with Gasteiger partial charge < -0.3 is 16.2 Å². The zero-order chi connectivity index (χ0) is 11.3. The first kappa shape index (κ1) is 14.7. The maximum Gasteiger partial charge on any atom is 0.236 e. The van der Waals surface area contributed by atoms with Crippen LogP contribution >= 0.6 is 12.4 Å². The Morgan fingerprint density at radius 3 is 2.50 bits per heavy atom. The number of benzene rings is 1. The highest BCUT2D eigenvalue weighted by Gasteiger charge is 2.05. The molecule has 0 aromatic heterocycles. The maximum absolute atomic E-state index is 11.1. The smallest absolute Gasteiger partial charge is 0.236 e. The molecule has 1 amide bonds. The van der Waals surface area contributed by atoms with Gasteiger partial charge in [0.05, 0.1) is 6.04 Å². The van der Waals surface area contributed by atoms with Gasteiger partial charge in [0.2, 0.25) is 5.91 Å². The molecule has 1 atom stereocenters. The van der Waals surface area contributed by atoms with E-state index in [4.69, 9.17) is 10.8 Å². The van der Waals surface area contributed by atoms with E-state index in [0.29, 0.717) is 6.54 Å². The van der Waals surface area contributed by atoms with Gasteiger partial charge in [0.15, 0.2) is 0 Å². The lowest BCUT2D eigenvalue weighted by Crippen LogP contribution is -2.39. The van der Waals surface area contributed by atoms with Crippen molar-refractivity contribution in [2.75, 3.05) is 6.54 Å². The Balaban J connectivity index is 0.00000225. The second-order valence-corrected chi connectivity index (χ2v) is 3.50. The molecule has 90 valence electrons. The van der Waals surface area contributed by atoms with Crippen LogP contribution in [0.3, 0.4) is 0 Å². The zero-order valence-corrected chi connectivity index (χ0v) is 9.96. The molecule has 0 spiro atoms. The molecule has 0 aliphatic heterocycles. The van der Waals surface area contributed by atoms with Gasteiger partial charge in [-0.2, -0.15) is 0 Å². The van der Waals surface area contributed by atoms with Crippen molar-refractivity contribution in [3.8, 4) is 5.75 Å². The van der Waals surface area contributed by atoms with Gasteiger partial charge in [-0.25, -0.2) is 0 Å². The monoisotopic (exact) mass is 244 g/mol. The van der Waals surface area contributed by atoms with Crippen LogP contribution in [0, 0.1) is 0 Å². The van der Waals surface area contributed by atoms with Crippen LogP contribution in [-0.4, -0.2) is 23.6 Å². The molecule has 4 N–H and O–H groups in total. The fourth-order valence-electron chi connectivity index (χ4n) is 1.15. The van der Waals surface area contributed by atoms with Gasteiger partial charge in [-0.1, -0.05) is 12.1 Å². The summed E-state index contributed by atoms with van der Waals surface area (Å²) >= 11 is 0. The minimum Gasteiger partial charge on any atom is -0.508 e. The quantitative estimate of drug-likeness (QED) is 0.734. The molecule has 0 aliphatic carbocycles. The number of phenols is 1. The standard InChI is InChI=1S/C11H16N2O2.ClH/c1-8(12)11(15)13-7-6-9-2-4-10(14)5-3-9;/h2-5,8,14H,6-7,12H2,1H3,(H,13,15);1H/t8-;/m0./s1. The number of hydrogen-bond donors (Lipinski definition) is 3. The van der Waals surface area contributed by atoms with Crippen molar-refractivity contribution >= 4 is 18.3 Å². The number of carbonyl (C=O) groups is 1. The lowest BCUT2D eigenvalue weighted by Gasteiger charge is -2.07. The number of amides is 1. The van der Waals surface area contributed by atoms with Gasteiger partial charge in [0.1, 0.15) is 5.75 Å². The van der Waals surface area contributed by atoms with Crippen molar-refractivity contribution in [3.63, 3.8) is 0 Å². The van der Waals surface area contributed by atoms with E-state index >= 15 is 0 Å². The average Bonchev–Trinajstić information content (AvgIpc) is 2.20. The predicted octanol–water partition coefficient (Wildman–Crippen LogP) is 0.820. The first-order valence-corrected chi connectivity index (χ1v) is 4.91. The van der Waals surface area contributed by atoms with Gasteiger partial charge >= 0.3 is 0 Å². The van der Waals surface area contributed by atoms with Crippen molar-refractivity contribution in [2.24, 2.45) is 5.73 Å². The molecular formula is C11H17ClN2O2. The van der Waals surface area contributed by atoms with E-state index in [1.165, 1.54) is 0 Å². The Kier molecular flexibility index (Phi) is 6.53. The Morgan fingerprint density at radius 1 is 1.44 bits per heavy atom. The van der Waals surface area contributed by atoms with E-state index < -0.39 is 6.04 Å². The van der Waals surface area contributed by atoms with Gasteiger partial charge in [0, 0.05) is 6.54 Å². The summed E-state index contributed by atoms with van der Waals surface area (Å²) in [6.45, 7) is 2.21. The maximum atomic E-state index is 11.1. The van der Waals surface area contributed by atoms with Crippen LogP contribution in [-0.2, 0) is 11.2 Å². The number of hydrogen-bond acceptors (Lipinski definition) is 3. The molecule has 1 aromatic rings. The van der Waals surface area contributed by atoms with Gasteiger partial charge in [0.25, 0.3) is 0 Å². The fraction of sp³-hybridized carbons (Fsp3) is 0.364. The number of carbonyl (C=O) groups excluding carboxylic acids is 1. The van der Waals surface area contributed by atoms with Crippen molar-refractivity contribution in [2.45, 2.75) is 19.4 Å². The normalized spacial score (nSPS) is 11.4. The summed E-state index contributed by atoms with van der Waals surface area (Å²) in [5.41, 5.74) is 6.46. The summed E-state index contributed by atoms with van der Waals surface area (Å²) in [6, 6.07) is 6.44. The zero-order valence-electron chi connectivity index (χ0n) is 9.14. The molecule has 16 heavy (non-hydrogen) atoms. The highest BCUT2D eigenvalue weighted by molar-refractivity contribution is 5.85. The molecule has 0 radical (unpaired) electrons. The minimum atomic E-state index is -0.468. The molecule has 1 aromatic carbocycles. The second kappa shape index (κ2) is 7.09. The first-order valence-electron chi connectivity index (χ1n) is 4.91. The summed E-state index contributed by atoms with van der Waals surface area (Å²) in [7, 11) is 0. The van der Waals surface area contributed by atoms with E-state index in [1.807, 2.05) is 12.1 Å². The van der Waals surface area contributed by atoms with E-state index in [0.717, 1.165) is 12.0 Å². The van der Waals surface area contributed by atoms with E-state index in [-0.39, 0.29) is 24.1 Å². The molecule has 0 bridgehead atoms. The third kappa shape index (κ3) is 5.00. The van der Waals surface area contributed by atoms with Crippen LogP contribution in [0.15, 0.2) is 24.3 Å². The van der Waals surface area contributed by atoms with Gasteiger partial charge in [-0.3, -0.25) is 4.79 Å². The summed E-state index contributed by atoms with van der Waals surface area (Å²) in [6.07, 6.45) is 0.735. The molecule has 0 heterocycles. The molecule has 0 saturated carbocycles. The fourth-order valence-corrected chi connectivity index (χ4v) is 1.15. The highest BCUT2D eigenvalue weighted by Crippen LogP contribution is 2.09. The number of rotatable bonds is 4. The topological polar surface area (TPSA) is 75.4 Å². The summed E-state index contributed by atoms with van der Waals surface area (Å²) in [5.74, 6) is 0.104. The number of nitrogens with two attached hydrogens (primary N) is 1. The summed E-state index contributed by atoms with van der Waals surface area (Å²) < 4.78 is 0. The van der Waals surface area contributed by atoms with E-state index in [1.54, 1.807) is 19.1 Å². The number of aromatic hydroxyl groups is 1. The highest BCUT2D eigenvalue weighted by atomic mass is 35.5. The van der Waals surface area contributed by atoms with Crippen molar-refractivity contribution in [1.82, 2.24) is 5.32 Å². The van der Waals surface area contributed by atoms with Crippen molar-refractivity contribution in [1.29, 1.82) is 0 Å². The molecule has 5 heteroatoms. The number of nitrogens with one attached hydrogen (secondary N) is 1. The predicted molar refractivity (Wildman–Crippen MR) is 65.7 cm³/mol. The molecule has 4 nitrogen and oxygen atoms in total. The Labute approximate surface area is 101 Å². The van der Waals surface area contributed by atoms with Crippen LogP contribution in [0.5, 0.6) is 5.75 Å². The third-order valence-electron chi connectivity index (χ3n) is 2.06. The lowest BCUT2D eigenvalue weighted by atomic mass is 10.1. The van der Waals surface area contributed by atoms with Crippen molar-refractivity contribution in [3.05, 3.63) is 29.8 Å². The van der Waals surface area contributed by atoms with Crippen LogP contribution < -0.4 is 11.1 Å². The SMILES string of the molecule is C[C@H](N)C(=O)NCCc1ccc(O)cc1.Cl. The van der Waals surface area contributed by atoms with Crippen LogP contribution in [0.25, 0.3) is 0 Å². The summed E-state index contributed by atoms with van der Waals surface area (Å²) in [4.78, 5) is 11.1. The van der Waals surface area contributed by atoms with Crippen LogP contribution in [0.2, 0.25) is 0 Å². The van der Waals surface area contributed by atoms with Gasteiger partial charge in [-0.15, -0.1) is 12.4 Å². The molecule has 0 aliphatic rings. The molecule has 0 fully saturated rings. The van der Waals surface area contributed by atoms with Crippen LogP contribution in [0.4, 0.5) is 0 Å². The Morgan fingerprint density at radius 2 is 2.00 bits per heavy atom. The minimum absolute atomic E-state index is 0. The van der Waals surface area contributed by atoms with Gasteiger partial charge in [-0.05, 0) is 31.0 Å².